The van der Waals surface area contributed by atoms with Crippen LogP contribution in [0.1, 0.15) is 33.5 Å². The molecule has 0 atom stereocenters. The monoisotopic (exact) mass is 331 g/mol. The third-order valence-corrected chi connectivity index (χ3v) is 5.09. The molecule has 0 aromatic carbocycles. The molecule has 1 aliphatic heterocycles. The van der Waals surface area contributed by atoms with E-state index in [4.69, 9.17) is 0 Å². The minimum Gasteiger partial charge on any atom is -0.351 e. The number of rotatable bonds is 6. The average Bonchev–Trinajstić information content (AvgIpc) is 2.86. The summed E-state index contributed by atoms with van der Waals surface area (Å²) in [5, 5.41) is 6.38. The molecule has 4 nitrogen and oxygen atoms in total. The van der Waals surface area contributed by atoms with Crippen molar-refractivity contribution in [3.8, 4) is 0 Å². The van der Waals surface area contributed by atoms with Gasteiger partial charge in [0.1, 0.15) is 0 Å². The highest BCUT2D eigenvalue weighted by atomic mass is 35.5. The van der Waals surface area contributed by atoms with Gasteiger partial charge in [-0.3, -0.25) is 4.79 Å². The van der Waals surface area contributed by atoms with Crippen LogP contribution >= 0.6 is 23.7 Å². The Labute approximate surface area is 137 Å². The van der Waals surface area contributed by atoms with Gasteiger partial charge in [0.15, 0.2) is 0 Å². The molecule has 120 valence electrons. The molecule has 1 fully saturated rings. The maximum absolute atomic E-state index is 12.1. The molecule has 21 heavy (non-hydrogen) atoms. The van der Waals surface area contributed by atoms with Crippen LogP contribution in [0.5, 0.6) is 0 Å². The topological polar surface area (TPSA) is 44.4 Å². The van der Waals surface area contributed by atoms with Gasteiger partial charge < -0.3 is 15.5 Å². The minimum absolute atomic E-state index is 0. The van der Waals surface area contributed by atoms with Crippen molar-refractivity contribution in [3.63, 3.8) is 0 Å². The fourth-order valence-electron chi connectivity index (χ4n) is 2.51. The van der Waals surface area contributed by atoms with Gasteiger partial charge >= 0.3 is 0 Å². The van der Waals surface area contributed by atoms with E-state index in [1.54, 1.807) is 11.3 Å². The Hall–Kier alpha value is -0.620. The summed E-state index contributed by atoms with van der Waals surface area (Å²) in [5.41, 5.74) is 1.24. The third kappa shape index (κ3) is 5.58. The smallest absolute Gasteiger partial charge is 0.261 e. The first-order valence-electron chi connectivity index (χ1n) is 7.51. The highest BCUT2D eigenvalue weighted by molar-refractivity contribution is 7.14. The Bertz CT molecular complexity index is 444. The van der Waals surface area contributed by atoms with Crippen molar-refractivity contribution in [2.45, 2.75) is 26.7 Å². The molecule has 1 aliphatic rings. The fraction of sp³-hybridized carbons (Fsp3) is 0.667. The lowest BCUT2D eigenvalue weighted by molar-refractivity contribution is 0.0955. The number of thiophene rings is 1. The van der Waals surface area contributed by atoms with Crippen LogP contribution in [0, 0.1) is 6.92 Å². The molecule has 0 bridgehead atoms. The molecule has 0 radical (unpaired) electrons. The van der Waals surface area contributed by atoms with Crippen molar-refractivity contribution in [2.75, 3.05) is 39.3 Å². The van der Waals surface area contributed by atoms with Gasteiger partial charge in [-0.1, -0.05) is 6.92 Å². The van der Waals surface area contributed by atoms with E-state index in [1.165, 1.54) is 10.4 Å². The quantitative estimate of drug-likeness (QED) is 0.784. The molecule has 6 heteroatoms. The Morgan fingerprint density at radius 1 is 1.43 bits per heavy atom. The summed E-state index contributed by atoms with van der Waals surface area (Å²) in [4.78, 5) is 16.7. The van der Waals surface area contributed by atoms with Crippen molar-refractivity contribution in [3.05, 3.63) is 21.4 Å². The van der Waals surface area contributed by atoms with Gasteiger partial charge in [0.25, 0.3) is 5.91 Å². The number of hydrogen-bond donors (Lipinski definition) is 2. The summed E-state index contributed by atoms with van der Waals surface area (Å²) in [5.74, 6) is 0.0816. The molecule has 2 heterocycles. The van der Waals surface area contributed by atoms with Crippen LogP contribution in [0.3, 0.4) is 0 Å². The highest BCUT2D eigenvalue weighted by Crippen LogP contribution is 2.22. The number of carbonyl (C=O) groups is 1. The largest absolute Gasteiger partial charge is 0.351 e. The lowest BCUT2D eigenvalue weighted by atomic mass is 10.2. The van der Waals surface area contributed by atoms with E-state index in [-0.39, 0.29) is 18.3 Å². The average molecular weight is 332 g/mol. The van der Waals surface area contributed by atoms with Crippen LogP contribution < -0.4 is 10.6 Å². The summed E-state index contributed by atoms with van der Waals surface area (Å²) < 4.78 is 0. The summed E-state index contributed by atoms with van der Waals surface area (Å²) in [6, 6.07) is 2.01. The molecule has 0 spiro atoms. The van der Waals surface area contributed by atoms with E-state index >= 15 is 0 Å². The minimum atomic E-state index is 0. The number of nitrogens with zero attached hydrogens (tertiary/aromatic N) is 1. The molecule has 0 saturated carbocycles. The SMILES string of the molecule is CCc1sc(C(=O)NCCCN2CCNCC2)cc1C.Cl. The second kappa shape index (κ2) is 9.41. The second-order valence-corrected chi connectivity index (χ2v) is 6.41. The van der Waals surface area contributed by atoms with Gasteiger partial charge in [0.2, 0.25) is 0 Å². The van der Waals surface area contributed by atoms with Crippen LogP contribution in [-0.4, -0.2) is 50.1 Å². The Balaban J connectivity index is 0.00000220. The number of carbonyl (C=O) groups excluding carboxylic acids is 1. The Kier molecular flexibility index (Phi) is 8.26. The first-order valence-corrected chi connectivity index (χ1v) is 8.33. The number of amides is 1. The first-order chi connectivity index (χ1) is 9.70. The van der Waals surface area contributed by atoms with E-state index < -0.39 is 0 Å². The summed E-state index contributed by atoms with van der Waals surface area (Å²) >= 11 is 1.62. The standard InChI is InChI=1S/C15H25N3OS.ClH/c1-3-13-12(2)11-14(20-13)15(19)17-5-4-8-18-9-6-16-7-10-18;/h11,16H,3-10H2,1-2H3,(H,17,19);1H. The molecule has 2 N–H and O–H groups in total. The van der Waals surface area contributed by atoms with Gasteiger partial charge in [-0.15, -0.1) is 23.7 Å². The van der Waals surface area contributed by atoms with E-state index in [9.17, 15) is 4.79 Å². The van der Waals surface area contributed by atoms with Crippen molar-refractivity contribution in [2.24, 2.45) is 0 Å². The number of nitrogens with one attached hydrogen (secondary N) is 2. The molecule has 0 aliphatic carbocycles. The summed E-state index contributed by atoms with van der Waals surface area (Å²) in [6.07, 6.45) is 2.03. The van der Waals surface area contributed by atoms with Gasteiger partial charge in [0.05, 0.1) is 4.88 Å². The maximum atomic E-state index is 12.1. The molecular formula is C15H26ClN3OS. The molecular weight excluding hydrogens is 306 g/mol. The fourth-order valence-corrected chi connectivity index (χ4v) is 3.54. The first kappa shape index (κ1) is 18.4. The van der Waals surface area contributed by atoms with Crippen LogP contribution in [0.2, 0.25) is 0 Å². The van der Waals surface area contributed by atoms with Crippen LogP contribution in [0.15, 0.2) is 6.07 Å². The van der Waals surface area contributed by atoms with E-state index in [0.717, 1.165) is 57.0 Å². The van der Waals surface area contributed by atoms with Crippen molar-refractivity contribution in [1.82, 2.24) is 15.5 Å². The molecule has 1 aromatic rings. The lowest BCUT2D eigenvalue weighted by Crippen LogP contribution is -2.44. The van der Waals surface area contributed by atoms with E-state index in [2.05, 4.69) is 29.4 Å². The number of hydrogen-bond acceptors (Lipinski definition) is 4. The van der Waals surface area contributed by atoms with Crippen LogP contribution in [0.25, 0.3) is 0 Å². The second-order valence-electron chi connectivity index (χ2n) is 5.27. The Morgan fingerprint density at radius 2 is 2.14 bits per heavy atom. The molecule has 0 unspecified atom stereocenters. The summed E-state index contributed by atoms with van der Waals surface area (Å²) in [6.45, 7) is 10.5. The molecule has 1 aromatic heterocycles. The van der Waals surface area contributed by atoms with Gasteiger partial charge in [-0.2, -0.15) is 0 Å². The molecule has 1 amide bonds. The van der Waals surface area contributed by atoms with E-state index in [1.807, 2.05) is 6.07 Å². The number of aryl methyl sites for hydroxylation is 2. The zero-order valence-electron chi connectivity index (χ0n) is 12.9. The summed E-state index contributed by atoms with van der Waals surface area (Å²) in [7, 11) is 0. The molecule has 2 rings (SSSR count). The zero-order chi connectivity index (χ0) is 14.4. The van der Waals surface area contributed by atoms with Crippen molar-refractivity contribution in [1.29, 1.82) is 0 Å². The maximum Gasteiger partial charge on any atom is 0.261 e. The lowest BCUT2D eigenvalue weighted by Gasteiger charge is -2.27. The van der Waals surface area contributed by atoms with Crippen LogP contribution in [0.4, 0.5) is 0 Å². The number of piperazine rings is 1. The predicted molar refractivity (Wildman–Crippen MR) is 91.9 cm³/mol. The van der Waals surface area contributed by atoms with Crippen molar-refractivity contribution >= 4 is 29.7 Å². The predicted octanol–water partition coefficient (Wildman–Crippen LogP) is 2.07. The molecule has 1 saturated heterocycles. The zero-order valence-corrected chi connectivity index (χ0v) is 14.5. The van der Waals surface area contributed by atoms with Crippen LogP contribution in [-0.2, 0) is 6.42 Å². The van der Waals surface area contributed by atoms with Gasteiger partial charge in [-0.05, 0) is 37.9 Å². The normalized spacial score (nSPS) is 15.5. The van der Waals surface area contributed by atoms with E-state index in [0.29, 0.717) is 0 Å². The highest BCUT2D eigenvalue weighted by Gasteiger charge is 2.12. The number of halogens is 1. The Morgan fingerprint density at radius 3 is 2.76 bits per heavy atom. The van der Waals surface area contributed by atoms with Crippen molar-refractivity contribution < 1.29 is 4.79 Å². The van der Waals surface area contributed by atoms with Gasteiger partial charge in [0, 0.05) is 37.6 Å². The van der Waals surface area contributed by atoms with Gasteiger partial charge in [-0.25, -0.2) is 0 Å². The third-order valence-electron chi connectivity index (χ3n) is 3.71.